The molecular weight excluding hydrogens is 190 g/mol. The Kier molecular flexibility index (Phi) is 5.15. The highest BCUT2D eigenvalue weighted by atomic mass is 16.5. The van der Waals surface area contributed by atoms with E-state index in [1.807, 2.05) is 18.2 Å². The highest BCUT2D eigenvalue weighted by Crippen LogP contribution is 2.16. The molecular formula is C12H19NO2. The van der Waals surface area contributed by atoms with Crippen LogP contribution in [0.4, 0.5) is 5.69 Å². The summed E-state index contributed by atoms with van der Waals surface area (Å²) in [6, 6.07) is 5.95. The van der Waals surface area contributed by atoms with Crippen molar-refractivity contribution in [3.05, 3.63) is 29.3 Å². The number of aliphatic hydroxyl groups excluding tert-OH is 1. The van der Waals surface area contributed by atoms with Gasteiger partial charge in [0, 0.05) is 25.9 Å². The molecule has 15 heavy (non-hydrogen) atoms. The quantitative estimate of drug-likeness (QED) is 0.703. The molecule has 1 rings (SSSR count). The lowest BCUT2D eigenvalue weighted by Gasteiger charge is -2.10. The highest BCUT2D eigenvalue weighted by molar-refractivity contribution is 5.52. The van der Waals surface area contributed by atoms with Gasteiger partial charge in [-0.15, -0.1) is 0 Å². The Bertz CT molecular complexity index is 300. The third-order valence-electron chi connectivity index (χ3n) is 2.33. The van der Waals surface area contributed by atoms with E-state index >= 15 is 0 Å². The second kappa shape index (κ2) is 6.43. The maximum atomic E-state index is 9.01. The maximum Gasteiger partial charge on any atom is 0.0682 e. The van der Waals surface area contributed by atoms with Crippen LogP contribution in [0.5, 0.6) is 0 Å². The summed E-state index contributed by atoms with van der Waals surface area (Å²) in [5.41, 5.74) is 3.23. The summed E-state index contributed by atoms with van der Waals surface area (Å²) in [5.74, 6) is 0. The molecule has 0 fully saturated rings. The zero-order chi connectivity index (χ0) is 11.1. The van der Waals surface area contributed by atoms with Crippen LogP contribution in [-0.2, 0) is 11.3 Å². The Morgan fingerprint density at radius 2 is 2.20 bits per heavy atom. The number of hydrogen-bond acceptors (Lipinski definition) is 3. The molecule has 3 nitrogen and oxygen atoms in total. The molecule has 0 aromatic heterocycles. The number of rotatable bonds is 6. The predicted octanol–water partition coefficient (Wildman–Crippen LogP) is 1.94. The van der Waals surface area contributed by atoms with Crippen LogP contribution in [0.25, 0.3) is 0 Å². The monoisotopic (exact) mass is 209 g/mol. The van der Waals surface area contributed by atoms with Crippen LogP contribution in [0.15, 0.2) is 18.2 Å². The van der Waals surface area contributed by atoms with E-state index in [2.05, 4.69) is 12.2 Å². The lowest BCUT2D eigenvalue weighted by molar-refractivity contribution is 0.198. The molecule has 1 aromatic rings. The van der Waals surface area contributed by atoms with Crippen LogP contribution in [0, 0.1) is 6.92 Å². The van der Waals surface area contributed by atoms with Gasteiger partial charge in [-0.2, -0.15) is 0 Å². The molecule has 0 amide bonds. The number of benzene rings is 1. The van der Waals surface area contributed by atoms with Crippen molar-refractivity contribution in [2.45, 2.75) is 20.0 Å². The fraction of sp³-hybridized carbons (Fsp3) is 0.500. The molecule has 1 aromatic carbocycles. The fourth-order valence-corrected chi connectivity index (χ4v) is 1.40. The molecule has 0 aliphatic carbocycles. The molecule has 2 N–H and O–H groups in total. The van der Waals surface area contributed by atoms with E-state index in [0.717, 1.165) is 30.8 Å². The molecule has 84 valence electrons. The van der Waals surface area contributed by atoms with Gasteiger partial charge in [-0.1, -0.05) is 12.1 Å². The molecule has 0 spiro atoms. The van der Waals surface area contributed by atoms with Gasteiger partial charge in [-0.3, -0.25) is 0 Å². The van der Waals surface area contributed by atoms with Crippen LogP contribution in [0.2, 0.25) is 0 Å². The Labute approximate surface area is 91.1 Å². The molecule has 0 radical (unpaired) electrons. The van der Waals surface area contributed by atoms with Crippen molar-refractivity contribution in [2.24, 2.45) is 0 Å². The van der Waals surface area contributed by atoms with Crippen molar-refractivity contribution >= 4 is 5.69 Å². The van der Waals surface area contributed by atoms with E-state index < -0.39 is 0 Å². The first-order valence-corrected chi connectivity index (χ1v) is 5.21. The molecule has 0 unspecified atom stereocenters. The third-order valence-corrected chi connectivity index (χ3v) is 2.33. The fourth-order valence-electron chi connectivity index (χ4n) is 1.40. The molecule has 0 atom stereocenters. The average Bonchev–Trinajstić information content (AvgIpc) is 2.26. The van der Waals surface area contributed by atoms with Crippen LogP contribution >= 0.6 is 0 Å². The van der Waals surface area contributed by atoms with Gasteiger partial charge in [-0.25, -0.2) is 0 Å². The van der Waals surface area contributed by atoms with Crippen molar-refractivity contribution < 1.29 is 9.84 Å². The second-order valence-electron chi connectivity index (χ2n) is 3.58. The van der Waals surface area contributed by atoms with Crippen molar-refractivity contribution in [3.8, 4) is 0 Å². The summed E-state index contributed by atoms with van der Waals surface area (Å²) in [6.45, 7) is 3.81. The first-order valence-electron chi connectivity index (χ1n) is 5.21. The van der Waals surface area contributed by atoms with E-state index in [0.29, 0.717) is 0 Å². The molecule has 0 saturated heterocycles. The van der Waals surface area contributed by atoms with E-state index in [9.17, 15) is 0 Å². The number of aliphatic hydroxyl groups is 1. The SMILES string of the molecule is COCCCNc1cc(CO)ccc1C. The van der Waals surface area contributed by atoms with Crippen molar-refractivity contribution in [2.75, 3.05) is 25.6 Å². The van der Waals surface area contributed by atoms with E-state index in [4.69, 9.17) is 9.84 Å². The Morgan fingerprint density at radius 1 is 1.40 bits per heavy atom. The Balaban J connectivity index is 2.51. The van der Waals surface area contributed by atoms with E-state index in [1.54, 1.807) is 7.11 Å². The van der Waals surface area contributed by atoms with Gasteiger partial charge in [0.1, 0.15) is 0 Å². The van der Waals surface area contributed by atoms with Crippen LogP contribution in [0.3, 0.4) is 0 Å². The second-order valence-corrected chi connectivity index (χ2v) is 3.58. The number of ether oxygens (including phenoxy) is 1. The zero-order valence-corrected chi connectivity index (χ0v) is 9.42. The average molecular weight is 209 g/mol. The first kappa shape index (κ1) is 12.0. The van der Waals surface area contributed by atoms with Crippen LogP contribution < -0.4 is 5.32 Å². The maximum absolute atomic E-state index is 9.01. The van der Waals surface area contributed by atoms with E-state index in [1.165, 1.54) is 5.56 Å². The standard InChI is InChI=1S/C12H19NO2/c1-10-4-5-11(9-14)8-12(10)13-6-3-7-15-2/h4-5,8,13-14H,3,6-7,9H2,1-2H3. The van der Waals surface area contributed by atoms with Gasteiger partial charge >= 0.3 is 0 Å². The number of anilines is 1. The molecule has 0 saturated carbocycles. The van der Waals surface area contributed by atoms with Gasteiger partial charge in [0.25, 0.3) is 0 Å². The number of nitrogens with one attached hydrogen (secondary N) is 1. The van der Waals surface area contributed by atoms with Crippen LogP contribution in [0.1, 0.15) is 17.5 Å². The summed E-state index contributed by atoms with van der Waals surface area (Å²) in [4.78, 5) is 0. The highest BCUT2D eigenvalue weighted by Gasteiger charge is 1.98. The molecule has 3 heteroatoms. The minimum Gasteiger partial charge on any atom is -0.392 e. The van der Waals surface area contributed by atoms with Crippen molar-refractivity contribution in [1.82, 2.24) is 0 Å². The molecule has 0 aliphatic rings. The molecule has 0 aliphatic heterocycles. The normalized spacial score (nSPS) is 10.3. The minimum absolute atomic E-state index is 0.0903. The first-order chi connectivity index (χ1) is 7.27. The Morgan fingerprint density at radius 3 is 2.87 bits per heavy atom. The molecule has 0 bridgehead atoms. The topological polar surface area (TPSA) is 41.5 Å². The van der Waals surface area contributed by atoms with Crippen molar-refractivity contribution in [3.63, 3.8) is 0 Å². The largest absolute Gasteiger partial charge is 0.392 e. The number of hydrogen-bond donors (Lipinski definition) is 2. The van der Waals surface area contributed by atoms with Gasteiger partial charge in [0.15, 0.2) is 0 Å². The summed E-state index contributed by atoms with van der Waals surface area (Å²) in [7, 11) is 1.71. The number of methoxy groups -OCH3 is 1. The lowest BCUT2D eigenvalue weighted by atomic mass is 10.1. The lowest BCUT2D eigenvalue weighted by Crippen LogP contribution is -2.06. The minimum atomic E-state index is 0.0903. The third kappa shape index (κ3) is 3.90. The van der Waals surface area contributed by atoms with E-state index in [-0.39, 0.29) is 6.61 Å². The predicted molar refractivity (Wildman–Crippen MR) is 62.1 cm³/mol. The summed E-state index contributed by atoms with van der Waals surface area (Å²) >= 11 is 0. The van der Waals surface area contributed by atoms with Crippen LogP contribution in [-0.4, -0.2) is 25.4 Å². The number of aryl methyl sites for hydroxylation is 1. The zero-order valence-electron chi connectivity index (χ0n) is 9.42. The summed E-state index contributed by atoms with van der Waals surface area (Å²) in [6.07, 6.45) is 0.985. The Hall–Kier alpha value is -1.06. The molecule has 0 heterocycles. The van der Waals surface area contributed by atoms with Gasteiger partial charge < -0.3 is 15.2 Å². The summed E-state index contributed by atoms with van der Waals surface area (Å²) in [5, 5.41) is 12.3. The van der Waals surface area contributed by atoms with Crippen molar-refractivity contribution in [1.29, 1.82) is 0 Å². The summed E-state index contributed by atoms with van der Waals surface area (Å²) < 4.78 is 4.97. The van der Waals surface area contributed by atoms with Gasteiger partial charge in [0.05, 0.1) is 6.61 Å². The van der Waals surface area contributed by atoms with Gasteiger partial charge in [0.2, 0.25) is 0 Å². The smallest absolute Gasteiger partial charge is 0.0682 e. The van der Waals surface area contributed by atoms with Gasteiger partial charge in [-0.05, 0) is 30.5 Å².